The third kappa shape index (κ3) is 6.38. The molecule has 0 unspecified atom stereocenters. The van der Waals surface area contributed by atoms with Gasteiger partial charge in [0.2, 0.25) is 0 Å². The summed E-state index contributed by atoms with van der Waals surface area (Å²) in [6.45, 7) is 3.15. The van der Waals surface area contributed by atoms with E-state index < -0.39 is 0 Å². The van der Waals surface area contributed by atoms with Crippen molar-refractivity contribution in [1.82, 2.24) is 10.2 Å². The second-order valence-electron chi connectivity index (χ2n) is 8.32. The Bertz CT molecular complexity index is 1280. The van der Waals surface area contributed by atoms with E-state index in [4.69, 9.17) is 9.15 Å². The fourth-order valence-electron chi connectivity index (χ4n) is 3.79. The number of hydrogen-bond donors (Lipinski definition) is 1. The van der Waals surface area contributed by atoms with Crippen LogP contribution in [0.2, 0.25) is 0 Å². The summed E-state index contributed by atoms with van der Waals surface area (Å²) in [6.07, 6.45) is 1.59. The first-order chi connectivity index (χ1) is 17.0. The number of carbonyl (C=O) groups excluding carboxylic acids is 2. The molecule has 0 bridgehead atoms. The van der Waals surface area contributed by atoms with Crippen molar-refractivity contribution in [3.63, 3.8) is 0 Å². The van der Waals surface area contributed by atoms with Crippen molar-refractivity contribution >= 4 is 11.8 Å². The molecule has 0 atom stereocenters. The number of carbonyl (C=O) groups is 2. The standard InChI is InChI=1S/C29H28N2O4/c1-21-6-3-7-23(16-21)20-35-26-9-4-8-25(17-26)29(33)31(19-27-10-5-15-34-27)18-22-11-13-24(14-12-22)28(32)30-2/h3-17H,18-20H2,1-2H3,(H,30,32). The van der Waals surface area contributed by atoms with E-state index >= 15 is 0 Å². The van der Waals surface area contributed by atoms with E-state index in [2.05, 4.69) is 11.4 Å². The predicted molar refractivity (Wildman–Crippen MR) is 134 cm³/mol. The van der Waals surface area contributed by atoms with Crippen LogP contribution < -0.4 is 10.1 Å². The van der Waals surface area contributed by atoms with Gasteiger partial charge in [-0.05, 0) is 60.5 Å². The number of hydrogen-bond acceptors (Lipinski definition) is 4. The highest BCUT2D eigenvalue weighted by Crippen LogP contribution is 2.20. The van der Waals surface area contributed by atoms with E-state index in [1.807, 2.05) is 55.5 Å². The molecule has 1 heterocycles. The molecule has 6 heteroatoms. The summed E-state index contributed by atoms with van der Waals surface area (Å²) >= 11 is 0. The van der Waals surface area contributed by atoms with Crippen LogP contribution in [0.15, 0.2) is 95.6 Å². The summed E-state index contributed by atoms with van der Waals surface area (Å²) in [5.41, 5.74) is 4.25. The maximum absolute atomic E-state index is 13.5. The second kappa shape index (κ2) is 11.2. The normalized spacial score (nSPS) is 10.6. The molecule has 1 aromatic heterocycles. The van der Waals surface area contributed by atoms with Crippen LogP contribution in [-0.2, 0) is 19.7 Å². The molecule has 0 saturated carbocycles. The predicted octanol–water partition coefficient (Wildman–Crippen LogP) is 5.37. The van der Waals surface area contributed by atoms with Gasteiger partial charge in [0.05, 0.1) is 12.8 Å². The fourth-order valence-corrected chi connectivity index (χ4v) is 3.79. The maximum Gasteiger partial charge on any atom is 0.254 e. The van der Waals surface area contributed by atoms with Gasteiger partial charge in [-0.1, -0.05) is 48.0 Å². The largest absolute Gasteiger partial charge is 0.489 e. The second-order valence-corrected chi connectivity index (χ2v) is 8.32. The summed E-state index contributed by atoms with van der Waals surface area (Å²) in [5, 5.41) is 2.61. The molecule has 0 saturated heterocycles. The minimum Gasteiger partial charge on any atom is -0.489 e. The molecule has 0 aliphatic rings. The van der Waals surface area contributed by atoms with Gasteiger partial charge >= 0.3 is 0 Å². The minimum absolute atomic E-state index is 0.141. The first-order valence-corrected chi connectivity index (χ1v) is 11.4. The van der Waals surface area contributed by atoms with Crippen LogP contribution in [0.1, 0.15) is 43.2 Å². The number of rotatable bonds is 9. The molecule has 0 radical (unpaired) electrons. The average molecular weight is 469 g/mol. The van der Waals surface area contributed by atoms with E-state index in [0.29, 0.717) is 42.3 Å². The van der Waals surface area contributed by atoms with Crippen molar-refractivity contribution in [3.05, 3.63) is 125 Å². The van der Waals surface area contributed by atoms with Crippen LogP contribution in [0.25, 0.3) is 0 Å². The molecule has 1 N–H and O–H groups in total. The lowest BCUT2D eigenvalue weighted by atomic mass is 10.1. The summed E-state index contributed by atoms with van der Waals surface area (Å²) in [4.78, 5) is 27.1. The Morgan fingerprint density at radius 2 is 1.66 bits per heavy atom. The maximum atomic E-state index is 13.5. The van der Waals surface area contributed by atoms with Gasteiger partial charge in [0.1, 0.15) is 18.1 Å². The summed E-state index contributed by atoms with van der Waals surface area (Å²) in [5.74, 6) is 1.03. The number of nitrogens with zero attached hydrogens (tertiary/aromatic N) is 1. The van der Waals surface area contributed by atoms with Crippen LogP contribution in [-0.4, -0.2) is 23.8 Å². The number of ether oxygens (including phenoxy) is 1. The molecule has 4 rings (SSSR count). The van der Waals surface area contributed by atoms with Gasteiger partial charge in [-0.3, -0.25) is 9.59 Å². The van der Waals surface area contributed by atoms with E-state index in [0.717, 1.165) is 11.1 Å². The summed E-state index contributed by atoms with van der Waals surface area (Å²) in [7, 11) is 1.60. The third-order valence-corrected chi connectivity index (χ3v) is 5.60. The number of nitrogens with one attached hydrogen (secondary N) is 1. The number of amides is 2. The van der Waals surface area contributed by atoms with E-state index in [-0.39, 0.29) is 11.8 Å². The molecule has 0 fully saturated rings. The van der Waals surface area contributed by atoms with Crippen molar-refractivity contribution < 1.29 is 18.7 Å². The SMILES string of the molecule is CNC(=O)c1ccc(CN(Cc2ccco2)C(=O)c2cccc(OCc3cccc(C)c3)c2)cc1. The highest BCUT2D eigenvalue weighted by Gasteiger charge is 2.19. The number of benzene rings is 3. The van der Waals surface area contributed by atoms with Crippen LogP contribution in [0.4, 0.5) is 0 Å². The Balaban J connectivity index is 1.51. The first kappa shape index (κ1) is 23.8. The van der Waals surface area contributed by atoms with Crippen molar-refractivity contribution in [2.75, 3.05) is 7.05 Å². The van der Waals surface area contributed by atoms with Crippen molar-refractivity contribution in [1.29, 1.82) is 0 Å². The smallest absolute Gasteiger partial charge is 0.254 e. The van der Waals surface area contributed by atoms with Crippen LogP contribution in [0.3, 0.4) is 0 Å². The quantitative estimate of drug-likeness (QED) is 0.359. The Hall–Kier alpha value is -4.32. The zero-order chi connectivity index (χ0) is 24.6. The highest BCUT2D eigenvalue weighted by molar-refractivity contribution is 5.95. The summed E-state index contributed by atoms with van der Waals surface area (Å²) in [6, 6.07) is 26.2. The Morgan fingerprint density at radius 1 is 0.857 bits per heavy atom. The molecular formula is C29H28N2O4. The highest BCUT2D eigenvalue weighted by atomic mass is 16.5. The molecule has 4 aromatic rings. The molecule has 0 aliphatic heterocycles. The average Bonchev–Trinajstić information content (AvgIpc) is 3.40. The molecule has 3 aromatic carbocycles. The lowest BCUT2D eigenvalue weighted by Crippen LogP contribution is -2.30. The zero-order valence-corrected chi connectivity index (χ0v) is 19.9. The van der Waals surface area contributed by atoms with Gasteiger partial charge < -0.3 is 19.4 Å². The Morgan fingerprint density at radius 3 is 2.37 bits per heavy atom. The van der Waals surface area contributed by atoms with E-state index in [1.54, 1.807) is 48.5 Å². The minimum atomic E-state index is -0.150. The summed E-state index contributed by atoms with van der Waals surface area (Å²) < 4.78 is 11.5. The van der Waals surface area contributed by atoms with Crippen LogP contribution in [0.5, 0.6) is 5.75 Å². The third-order valence-electron chi connectivity index (χ3n) is 5.60. The Kier molecular flexibility index (Phi) is 7.63. The van der Waals surface area contributed by atoms with Gasteiger partial charge in [-0.15, -0.1) is 0 Å². The molecule has 6 nitrogen and oxygen atoms in total. The van der Waals surface area contributed by atoms with Crippen LogP contribution >= 0.6 is 0 Å². The molecule has 0 aliphatic carbocycles. The van der Waals surface area contributed by atoms with Crippen molar-refractivity contribution in [3.8, 4) is 5.75 Å². The fraction of sp³-hybridized carbons (Fsp3) is 0.172. The van der Waals surface area contributed by atoms with E-state index in [9.17, 15) is 9.59 Å². The lowest BCUT2D eigenvalue weighted by molar-refractivity contribution is 0.0717. The van der Waals surface area contributed by atoms with Gasteiger partial charge in [-0.25, -0.2) is 0 Å². The van der Waals surface area contributed by atoms with Gasteiger partial charge in [0.25, 0.3) is 11.8 Å². The molecule has 2 amide bonds. The van der Waals surface area contributed by atoms with Crippen molar-refractivity contribution in [2.24, 2.45) is 0 Å². The molecule has 35 heavy (non-hydrogen) atoms. The van der Waals surface area contributed by atoms with Crippen molar-refractivity contribution in [2.45, 2.75) is 26.6 Å². The topological polar surface area (TPSA) is 71.8 Å². The zero-order valence-electron chi connectivity index (χ0n) is 19.9. The molecular weight excluding hydrogens is 440 g/mol. The lowest BCUT2D eigenvalue weighted by Gasteiger charge is -2.22. The van der Waals surface area contributed by atoms with Gasteiger partial charge in [0.15, 0.2) is 0 Å². The van der Waals surface area contributed by atoms with Gasteiger partial charge in [0, 0.05) is 24.7 Å². The van der Waals surface area contributed by atoms with Gasteiger partial charge in [-0.2, -0.15) is 0 Å². The van der Waals surface area contributed by atoms with E-state index in [1.165, 1.54) is 5.56 Å². The molecule has 0 spiro atoms. The molecule has 178 valence electrons. The monoisotopic (exact) mass is 468 g/mol. The Labute approximate surface area is 205 Å². The number of aryl methyl sites for hydroxylation is 1. The van der Waals surface area contributed by atoms with Crippen LogP contribution in [0, 0.1) is 6.92 Å². The first-order valence-electron chi connectivity index (χ1n) is 11.4. The number of furan rings is 1.